The van der Waals surface area contributed by atoms with E-state index in [1.54, 1.807) is 14.1 Å². The molecule has 4 atom stereocenters. The summed E-state index contributed by atoms with van der Waals surface area (Å²) < 4.78 is 13.7. The molecule has 1 aromatic carbocycles. The van der Waals surface area contributed by atoms with Crippen LogP contribution in [0.15, 0.2) is 28.7 Å². The number of aliphatic hydroxyl groups is 3. The molecular formula is C29H37FN4O7. The lowest BCUT2D eigenvalue weighted by Gasteiger charge is -2.50. The molecule has 0 radical (unpaired) electrons. The Morgan fingerprint density at radius 2 is 1.78 bits per heavy atom. The lowest BCUT2D eigenvalue weighted by molar-refractivity contribution is -0.148. The Labute approximate surface area is 237 Å². The number of hydrogen-bond acceptors (Lipinski definition) is 10. The monoisotopic (exact) mass is 572 g/mol. The maximum atomic E-state index is 14.1. The Bertz CT molecular complexity index is 1400. The molecule has 0 bridgehead atoms. The van der Waals surface area contributed by atoms with E-state index in [9.17, 15) is 39.2 Å². The fourth-order valence-electron chi connectivity index (χ4n) is 7.17. The molecule has 222 valence electrons. The molecule has 1 aromatic rings. The Hall–Kier alpha value is -3.48. The van der Waals surface area contributed by atoms with Gasteiger partial charge in [-0.25, -0.2) is 4.39 Å². The largest absolute Gasteiger partial charge is 0.510 e. The Balaban J connectivity index is 1.65. The van der Waals surface area contributed by atoms with Gasteiger partial charge < -0.3 is 31.1 Å². The van der Waals surface area contributed by atoms with Gasteiger partial charge in [-0.3, -0.25) is 24.2 Å². The molecule has 1 amide bonds. The van der Waals surface area contributed by atoms with Gasteiger partial charge in [0.25, 0.3) is 5.91 Å². The Morgan fingerprint density at radius 1 is 1.15 bits per heavy atom. The van der Waals surface area contributed by atoms with Crippen LogP contribution >= 0.6 is 0 Å². The van der Waals surface area contributed by atoms with Crippen LogP contribution in [0.2, 0.25) is 0 Å². The first-order valence-corrected chi connectivity index (χ1v) is 13.8. The van der Waals surface area contributed by atoms with Gasteiger partial charge in [-0.15, -0.1) is 0 Å². The van der Waals surface area contributed by atoms with E-state index in [2.05, 4.69) is 0 Å². The van der Waals surface area contributed by atoms with E-state index in [1.807, 2.05) is 30.0 Å². The normalized spacial score (nSPS) is 29.0. The van der Waals surface area contributed by atoms with Gasteiger partial charge in [0.15, 0.2) is 11.4 Å². The van der Waals surface area contributed by atoms with Gasteiger partial charge in [-0.05, 0) is 57.3 Å². The maximum Gasteiger partial charge on any atom is 0.255 e. The number of hydrogen-bond donors (Lipinski definition) is 5. The molecule has 3 aliphatic carbocycles. The second-order valence-electron chi connectivity index (χ2n) is 12.1. The van der Waals surface area contributed by atoms with Crippen molar-refractivity contribution in [2.24, 2.45) is 17.6 Å². The number of likely N-dealkylation sites (tertiary alicyclic amines) is 1. The minimum absolute atomic E-state index is 0.0210. The van der Waals surface area contributed by atoms with Crippen LogP contribution in [0.1, 0.15) is 40.7 Å². The average molecular weight is 573 g/mol. The summed E-state index contributed by atoms with van der Waals surface area (Å²) in [7, 11) is 6.81. The number of fused-ring (bicyclic) bond motifs is 3. The molecule has 11 nitrogen and oxygen atoms in total. The molecule has 6 N–H and O–H groups in total. The Morgan fingerprint density at radius 3 is 2.34 bits per heavy atom. The number of Topliss-reactive ketones (excluding diaryl/α,β-unsaturated/α-hetero) is 2. The van der Waals surface area contributed by atoms with E-state index in [0.717, 1.165) is 0 Å². The molecule has 1 heterocycles. The highest BCUT2D eigenvalue weighted by atomic mass is 19.1. The van der Waals surface area contributed by atoms with Crippen LogP contribution in [-0.4, -0.2) is 107 Å². The number of nitrogens with two attached hydrogens (primary N) is 1. The first-order chi connectivity index (χ1) is 19.2. The molecule has 12 heteroatoms. The predicted octanol–water partition coefficient (Wildman–Crippen LogP) is 1.12. The molecule has 0 unspecified atom stereocenters. The number of phenols is 1. The van der Waals surface area contributed by atoms with Gasteiger partial charge in [0, 0.05) is 56.5 Å². The molecule has 0 aromatic heterocycles. The molecule has 5 rings (SSSR count). The van der Waals surface area contributed by atoms with Gasteiger partial charge in [-0.1, -0.05) is 0 Å². The van der Waals surface area contributed by atoms with Crippen molar-refractivity contribution in [1.29, 1.82) is 0 Å². The number of aliphatic hydroxyl groups excluding tert-OH is 2. The van der Waals surface area contributed by atoms with E-state index in [0.29, 0.717) is 42.7 Å². The number of phenolic OH excluding ortho intramolecular Hbond substituents is 1. The predicted molar refractivity (Wildman–Crippen MR) is 147 cm³/mol. The van der Waals surface area contributed by atoms with Crippen LogP contribution in [0, 0.1) is 11.8 Å². The van der Waals surface area contributed by atoms with E-state index < -0.39 is 64.2 Å². The van der Waals surface area contributed by atoms with Gasteiger partial charge in [0.05, 0.1) is 11.6 Å². The van der Waals surface area contributed by atoms with Crippen molar-refractivity contribution in [3.05, 3.63) is 45.4 Å². The topological polar surface area (TPSA) is 168 Å². The number of primary amides is 1. The number of aromatic hydroxyl groups is 1. The second-order valence-corrected chi connectivity index (χ2v) is 12.1. The van der Waals surface area contributed by atoms with Crippen LogP contribution in [0.5, 0.6) is 5.75 Å². The van der Waals surface area contributed by atoms with Crippen molar-refractivity contribution in [2.75, 3.05) is 46.2 Å². The van der Waals surface area contributed by atoms with Gasteiger partial charge in [0.1, 0.15) is 29.0 Å². The van der Waals surface area contributed by atoms with Crippen LogP contribution in [0.4, 0.5) is 10.1 Å². The highest BCUT2D eigenvalue weighted by Gasteiger charge is 2.63. The van der Waals surface area contributed by atoms with E-state index in [-0.39, 0.29) is 36.3 Å². The summed E-state index contributed by atoms with van der Waals surface area (Å²) in [6.07, 6.45) is 0.137. The summed E-state index contributed by atoms with van der Waals surface area (Å²) in [5.74, 6) is -6.73. The smallest absolute Gasteiger partial charge is 0.255 e. The fourth-order valence-corrected chi connectivity index (χ4v) is 7.17. The lowest BCUT2D eigenvalue weighted by Crippen LogP contribution is -2.63. The van der Waals surface area contributed by atoms with Gasteiger partial charge in [-0.2, -0.15) is 0 Å². The number of piperidine rings is 1. The Kier molecular flexibility index (Phi) is 7.16. The van der Waals surface area contributed by atoms with Crippen molar-refractivity contribution < 1.29 is 39.2 Å². The van der Waals surface area contributed by atoms with Crippen molar-refractivity contribution in [3.8, 4) is 5.75 Å². The van der Waals surface area contributed by atoms with E-state index in [1.165, 1.54) is 4.90 Å². The first-order valence-electron chi connectivity index (χ1n) is 13.8. The third-order valence-corrected chi connectivity index (χ3v) is 9.17. The fraction of sp³-hybridized carbons (Fsp3) is 0.552. The highest BCUT2D eigenvalue weighted by molar-refractivity contribution is 6.24. The molecule has 4 aliphatic rings. The average Bonchev–Trinajstić information content (AvgIpc) is 2.88. The molecule has 1 aliphatic heterocycles. The quantitative estimate of drug-likeness (QED) is 0.323. The molecule has 0 saturated carbocycles. The van der Waals surface area contributed by atoms with E-state index in [4.69, 9.17) is 5.73 Å². The number of ketones is 2. The van der Waals surface area contributed by atoms with Crippen LogP contribution in [0.3, 0.4) is 0 Å². The van der Waals surface area contributed by atoms with Crippen molar-refractivity contribution >= 4 is 23.2 Å². The summed E-state index contributed by atoms with van der Waals surface area (Å²) in [6, 6.07) is 0.773. The number of halogens is 1. The number of amides is 1. The number of carbonyl (C=O) groups is 3. The van der Waals surface area contributed by atoms with E-state index >= 15 is 0 Å². The number of nitrogens with zero attached hydrogens (tertiary/aromatic N) is 3. The summed E-state index contributed by atoms with van der Waals surface area (Å²) >= 11 is 0. The number of alkyl halides is 1. The maximum absolute atomic E-state index is 14.1. The summed E-state index contributed by atoms with van der Waals surface area (Å²) in [5, 5.41) is 45.6. The van der Waals surface area contributed by atoms with Crippen LogP contribution in [-0.2, 0) is 22.6 Å². The number of likely N-dealkylation sites (N-methyl/N-ethyl adjacent to an activating group) is 1. The molecule has 1 saturated heterocycles. The minimum atomic E-state index is -2.68. The second kappa shape index (κ2) is 10.1. The summed E-state index contributed by atoms with van der Waals surface area (Å²) in [4.78, 5) is 45.1. The van der Waals surface area contributed by atoms with Crippen LogP contribution in [0.25, 0.3) is 0 Å². The lowest BCUT2D eigenvalue weighted by atomic mass is 9.58. The summed E-state index contributed by atoms with van der Waals surface area (Å²) in [6.45, 7) is 1.29. The highest BCUT2D eigenvalue weighted by Crippen LogP contribution is 2.53. The van der Waals surface area contributed by atoms with Gasteiger partial charge >= 0.3 is 0 Å². The molecule has 1 fully saturated rings. The van der Waals surface area contributed by atoms with Crippen molar-refractivity contribution in [2.45, 2.75) is 50.0 Å². The zero-order valence-corrected chi connectivity index (χ0v) is 23.6. The van der Waals surface area contributed by atoms with Crippen molar-refractivity contribution in [3.63, 3.8) is 0 Å². The zero-order valence-electron chi connectivity index (χ0n) is 23.6. The summed E-state index contributed by atoms with van der Waals surface area (Å²) in [5.41, 5.74) is 3.39. The molecular weight excluding hydrogens is 535 g/mol. The van der Waals surface area contributed by atoms with Crippen molar-refractivity contribution in [1.82, 2.24) is 9.80 Å². The number of rotatable bonds is 5. The number of benzene rings is 1. The van der Waals surface area contributed by atoms with Gasteiger partial charge in [0.2, 0.25) is 5.78 Å². The minimum Gasteiger partial charge on any atom is -0.510 e. The molecule has 0 spiro atoms. The standard InChI is InChI=1S/C29H37FN4O7/c1-32(2)18-11-14(12-34-7-5-15(30)6-8-34)23(35)20-16(18)9-13-10-17-22(33(3)4)25(37)21(28(31)40)27(39)29(17,41)26(38)19(13)24(20)36/h11,13,15,17,22,35,37-38,41H,5-10,12H2,1-4H3,(H2,31,40)/t13-,17-,22+,29-/m0/s1. The van der Waals surface area contributed by atoms with Crippen LogP contribution < -0.4 is 10.6 Å². The molecule has 41 heavy (non-hydrogen) atoms. The third-order valence-electron chi connectivity index (χ3n) is 9.17. The third kappa shape index (κ3) is 4.31. The zero-order chi connectivity index (χ0) is 30.1. The number of allylic oxidation sites excluding steroid dienone is 1. The first kappa shape index (κ1) is 29.0. The number of anilines is 1. The number of carbonyl (C=O) groups excluding carboxylic acids is 3. The SMILES string of the molecule is CN(C)c1cc(CN2CCC(F)CC2)c(O)c2c1C[C@H]1C[C@H]3[C@@H](N(C)C)C(O)=C(C(N)=O)C(=O)[C@@]3(O)C(O)=C1C2=O.